The molecule has 156 valence electrons. The second-order valence-electron chi connectivity index (χ2n) is 6.06. The molecular formula is C16H16F6N2O4. The number of carbonyl (C=O) groups is 2. The third kappa shape index (κ3) is 3.60. The number of nitrogens with zero attached hydrogens (tertiary/aromatic N) is 1. The van der Waals surface area contributed by atoms with Crippen molar-refractivity contribution < 1.29 is 45.8 Å². The van der Waals surface area contributed by atoms with Gasteiger partial charge in [0.25, 0.3) is 5.72 Å². The van der Waals surface area contributed by atoms with Crippen molar-refractivity contribution in [3.05, 3.63) is 35.4 Å². The Kier molecular flexibility index (Phi) is 5.57. The van der Waals surface area contributed by atoms with Crippen molar-refractivity contribution in [2.24, 2.45) is 5.92 Å². The molecule has 1 aromatic carbocycles. The Morgan fingerprint density at radius 2 is 1.75 bits per heavy atom. The summed E-state index contributed by atoms with van der Waals surface area (Å²) in [5.41, 5.74) is -5.25. The Morgan fingerprint density at radius 3 is 2.18 bits per heavy atom. The molecule has 1 aliphatic rings. The van der Waals surface area contributed by atoms with Gasteiger partial charge in [-0.05, 0) is 24.6 Å². The van der Waals surface area contributed by atoms with Gasteiger partial charge in [0.1, 0.15) is 5.92 Å². The van der Waals surface area contributed by atoms with Crippen LogP contribution in [-0.2, 0) is 15.7 Å². The van der Waals surface area contributed by atoms with Crippen LogP contribution >= 0.6 is 0 Å². The van der Waals surface area contributed by atoms with Crippen LogP contribution in [0.25, 0.3) is 0 Å². The number of benzene rings is 1. The van der Waals surface area contributed by atoms with Crippen LogP contribution in [0.5, 0.6) is 0 Å². The molecule has 2 N–H and O–H groups in total. The molecule has 2 amide bonds. The third-order valence-corrected chi connectivity index (χ3v) is 4.42. The molecule has 3 atom stereocenters. The van der Waals surface area contributed by atoms with Gasteiger partial charge in [-0.1, -0.05) is 12.1 Å². The average molecular weight is 414 g/mol. The highest BCUT2D eigenvalue weighted by atomic mass is 19.4. The summed E-state index contributed by atoms with van der Waals surface area (Å²) in [4.78, 5) is 24.2. The van der Waals surface area contributed by atoms with Gasteiger partial charge in [-0.25, -0.2) is 4.79 Å². The number of alkyl halides is 6. The molecule has 0 saturated carbocycles. The second kappa shape index (κ2) is 7.15. The molecule has 1 aromatic rings. The van der Waals surface area contributed by atoms with Gasteiger partial charge < -0.3 is 15.2 Å². The van der Waals surface area contributed by atoms with Crippen LogP contribution in [0.3, 0.4) is 0 Å². The first-order valence-corrected chi connectivity index (χ1v) is 7.92. The molecule has 0 spiro atoms. The maximum absolute atomic E-state index is 13.7. The molecule has 0 radical (unpaired) electrons. The number of nitrogens with one attached hydrogen (secondary N) is 1. The van der Waals surface area contributed by atoms with Crippen LogP contribution in [0.4, 0.5) is 31.1 Å². The lowest BCUT2D eigenvalue weighted by Crippen LogP contribution is -2.73. The van der Waals surface area contributed by atoms with E-state index in [0.29, 0.717) is 19.2 Å². The van der Waals surface area contributed by atoms with Gasteiger partial charge in [-0.2, -0.15) is 26.3 Å². The number of rotatable bonds is 3. The lowest BCUT2D eigenvalue weighted by atomic mass is 9.81. The van der Waals surface area contributed by atoms with Crippen molar-refractivity contribution in [3.63, 3.8) is 0 Å². The summed E-state index contributed by atoms with van der Waals surface area (Å²) in [7, 11) is 0.637. The van der Waals surface area contributed by atoms with E-state index in [4.69, 9.17) is 0 Å². The van der Waals surface area contributed by atoms with Crippen molar-refractivity contribution in [3.8, 4) is 0 Å². The van der Waals surface area contributed by atoms with Gasteiger partial charge in [0.15, 0.2) is 0 Å². The maximum Gasteiger partial charge on any atom is 0.437 e. The van der Waals surface area contributed by atoms with E-state index in [-0.39, 0.29) is 17.1 Å². The van der Waals surface area contributed by atoms with E-state index in [0.717, 1.165) is 12.1 Å². The van der Waals surface area contributed by atoms with Gasteiger partial charge in [0.05, 0.1) is 18.2 Å². The van der Waals surface area contributed by atoms with Crippen molar-refractivity contribution in [2.75, 3.05) is 13.7 Å². The van der Waals surface area contributed by atoms with Gasteiger partial charge in [-0.3, -0.25) is 9.69 Å². The summed E-state index contributed by atoms with van der Waals surface area (Å²) in [5.74, 6) is -3.86. The Morgan fingerprint density at radius 1 is 1.21 bits per heavy atom. The highest BCUT2D eigenvalue weighted by Gasteiger charge is 2.69. The predicted molar refractivity (Wildman–Crippen MR) is 81.6 cm³/mol. The number of aliphatic hydroxyl groups is 1. The van der Waals surface area contributed by atoms with Crippen LogP contribution in [0.1, 0.15) is 24.1 Å². The second-order valence-corrected chi connectivity index (χ2v) is 6.06. The largest absolute Gasteiger partial charge is 0.466 e. The zero-order valence-corrected chi connectivity index (χ0v) is 14.6. The summed E-state index contributed by atoms with van der Waals surface area (Å²) in [5, 5.41) is 12.5. The van der Waals surface area contributed by atoms with E-state index in [2.05, 4.69) is 10.1 Å². The first kappa shape index (κ1) is 21.8. The van der Waals surface area contributed by atoms with Gasteiger partial charge >= 0.3 is 24.4 Å². The fraction of sp³-hybridized carbons (Fsp3) is 0.500. The van der Waals surface area contributed by atoms with Crippen molar-refractivity contribution in [1.29, 1.82) is 0 Å². The number of esters is 1. The smallest absolute Gasteiger partial charge is 0.437 e. The number of hydrogen-bond acceptors (Lipinski definition) is 4. The zero-order valence-electron chi connectivity index (χ0n) is 14.6. The van der Waals surface area contributed by atoms with E-state index in [1.807, 2.05) is 0 Å². The van der Waals surface area contributed by atoms with E-state index < -0.39 is 47.6 Å². The number of hydrogen-bond donors (Lipinski definition) is 2. The third-order valence-electron chi connectivity index (χ3n) is 4.42. The summed E-state index contributed by atoms with van der Waals surface area (Å²) >= 11 is 0. The molecule has 1 fully saturated rings. The van der Waals surface area contributed by atoms with Gasteiger partial charge in [0.2, 0.25) is 0 Å². The quantitative estimate of drug-likeness (QED) is 0.589. The van der Waals surface area contributed by atoms with Crippen molar-refractivity contribution >= 4 is 12.0 Å². The standard InChI is InChI=1S/C16H16F6N2O4/c1-3-28-12(25)10-11(8-4-6-9(7-5-8)15(17,18)19)23-13(26)24(2)14(10,27)16(20,21)22/h4-7,10-11,27H,3H2,1-2H3,(H,23,26)/t10-,11-,14+/m0/s1. The molecule has 6 nitrogen and oxygen atoms in total. The van der Waals surface area contributed by atoms with E-state index >= 15 is 0 Å². The van der Waals surface area contributed by atoms with E-state index in [1.165, 1.54) is 6.92 Å². The molecule has 1 heterocycles. The number of amides is 2. The predicted octanol–water partition coefficient (Wildman–Crippen LogP) is 2.83. The Bertz CT molecular complexity index is 749. The molecule has 2 rings (SSSR count). The topological polar surface area (TPSA) is 78.9 Å². The van der Waals surface area contributed by atoms with Gasteiger partial charge in [-0.15, -0.1) is 0 Å². The summed E-state index contributed by atoms with van der Waals surface area (Å²) in [6.07, 6.45) is -10.1. The first-order chi connectivity index (χ1) is 12.7. The number of ether oxygens (including phenoxy) is 1. The van der Waals surface area contributed by atoms with Crippen LogP contribution in [-0.4, -0.2) is 47.6 Å². The fourth-order valence-electron chi connectivity index (χ4n) is 2.96. The molecule has 28 heavy (non-hydrogen) atoms. The minimum absolute atomic E-state index is 0.0881. The van der Waals surface area contributed by atoms with Crippen LogP contribution in [0.2, 0.25) is 0 Å². The highest BCUT2D eigenvalue weighted by molar-refractivity contribution is 5.83. The minimum atomic E-state index is -5.46. The zero-order chi connectivity index (χ0) is 21.5. The fourth-order valence-corrected chi connectivity index (χ4v) is 2.96. The number of urea groups is 1. The lowest BCUT2D eigenvalue weighted by Gasteiger charge is -2.49. The molecule has 12 heteroatoms. The molecule has 0 aromatic heterocycles. The SMILES string of the molecule is CCOC(=O)[C@@H]1[C@H](c2ccc(C(F)(F)F)cc2)NC(=O)N(C)[C@]1(O)C(F)(F)F. The number of halogens is 6. The molecule has 0 bridgehead atoms. The minimum Gasteiger partial charge on any atom is -0.466 e. The highest BCUT2D eigenvalue weighted by Crippen LogP contribution is 2.47. The molecular weight excluding hydrogens is 398 g/mol. The first-order valence-electron chi connectivity index (χ1n) is 7.92. The summed E-state index contributed by atoms with van der Waals surface area (Å²) in [6, 6.07) is -0.324. The monoisotopic (exact) mass is 414 g/mol. The van der Waals surface area contributed by atoms with Crippen LogP contribution in [0.15, 0.2) is 24.3 Å². The summed E-state index contributed by atoms with van der Waals surface area (Å²) in [6.45, 7) is 1.00. The summed E-state index contributed by atoms with van der Waals surface area (Å²) < 4.78 is 83.8. The van der Waals surface area contributed by atoms with Gasteiger partial charge in [0, 0.05) is 7.05 Å². The Labute approximate surface area is 155 Å². The van der Waals surface area contributed by atoms with E-state index in [1.54, 1.807) is 0 Å². The lowest BCUT2D eigenvalue weighted by molar-refractivity contribution is -0.328. The molecule has 0 unspecified atom stereocenters. The molecule has 1 saturated heterocycles. The van der Waals surface area contributed by atoms with Crippen molar-refractivity contribution in [2.45, 2.75) is 31.0 Å². The van der Waals surface area contributed by atoms with Crippen LogP contribution in [0, 0.1) is 5.92 Å². The van der Waals surface area contributed by atoms with Crippen LogP contribution < -0.4 is 5.32 Å². The molecule has 0 aliphatic carbocycles. The normalized spacial score (nSPS) is 26.0. The van der Waals surface area contributed by atoms with E-state index in [9.17, 15) is 41.0 Å². The number of carbonyl (C=O) groups excluding carboxylic acids is 2. The Balaban J connectivity index is 2.60. The molecule has 1 aliphatic heterocycles. The average Bonchev–Trinajstić information content (AvgIpc) is 2.57. The maximum atomic E-state index is 13.7. The van der Waals surface area contributed by atoms with Crippen molar-refractivity contribution in [1.82, 2.24) is 10.2 Å². The Hall–Kier alpha value is -2.50.